The number of anilines is 1. The Morgan fingerprint density at radius 2 is 1.69 bits per heavy atom. The Bertz CT molecular complexity index is 1190. The molecule has 0 N–H and O–H groups in total. The molecular formula is C22H27N3O5S2. The second-order valence-corrected chi connectivity index (χ2v) is 12.4. The van der Waals surface area contributed by atoms with Crippen LogP contribution < -0.4 is 4.90 Å². The van der Waals surface area contributed by atoms with E-state index >= 15 is 0 Å². The number of nitrogens with zero attached hydrogens (tertiary/aromatic N) is 3. The van der Waals surface area contributed by atoms with Gasteiger partial charge in [-0.1, -0.05) is 24.3 Å². The molecule has 4 rings (SSSR count). The number of piperazine rings is 1. The normalized spacial score (nSPS) is 21.4. The molecule has 2 aromatic carbocycles. The molecule has 2 saturated heterocycles. The maximum atomic E-state index is 13.2. The zero-order valence-electron chi connectivity index (χ0n) is 17.9. The molecule has 2 aromatic rings. The molecule has 2 fully saturated rings. The minimum Gasteiger partial charge on any atom is -0.369 e. The van der Waals surface area contributed by atoms with Crippen molar-refractivity contribution >= 4 is 31.5 Å². The van der Waals surface area contributed by atoms with Gasteiger partial charge in [0.05, 0.1) is 16.4 Å². The predicted octanol–water partition coefficient (Wildman–Crippen LogP) is 1.46. The molecule has 8 nitrogen and oxygen atoms in total. The summed E-state index contributed by atoms with van der Waals surface area (Å²) in [6, 6.07) is 15.5. The van der Waals surface area contributed by atoms with Gasteiger partial charge in [-0.2, -0.15) is 4.31 Å². The molecule has 32 heavy (non-hydrogen) atoms. The molecule has 10 heteroatoms. The molecule has 0 bridgehead atoms. The van der Waals surface area contributed by atoms with Crippen LogP contribution in [0.3, 0.4) is 0 Å². The lowest BCUT2D eigenvalue weighted by atomic mass is 10.1. The molecule has 0 saturated carbocycles. The molecule has 1 amide bonds. The maximum absolute atomic E-state index is 13.2. The summed E-state index contributed by atoms with van der Waals surface area (Å²) in [5.74, 6) is -0.365. The van der Waals surface area contributed by atoms with Crippen molar-refractivity contribution in [1.29, 1.82) is 0 Å². The highest BCUT2D eigenvalue weighted by molar-refractivity contribution is 7.91. The Kier molecular flexibility index (Phi) is 6.28. The number of hydrogen-bond donors (Lipinski definition) is 0. The highest BCUT2D eigenvalue weighted by atomic mass is 32.2. The van der Waals surface area contributed by atoms with E-state index in [0.29, 0.717) is 32.6 Å². The Balaban J connectivity index is 1.47. The second-order valence-electron chi connectivity index (χ2n) is 8.23. The Morgan fingerprint density at radius 3 is 2.31 bits per heavy atom. The molecule has 0 aliphatic carbocycles. The number of sulfone groups is 1. The topological polar surface area (TPSA) is 95.1 Å². The lowest BCUT2D eigenvalue weighted by Gasteiger charge is -2.35. The van der Waals surface area contributed by atoms with Gasteiger partial charge in [0.1, 0.15) is 0 Å². The Morgan fingerprint density at radius 1 is 1.00 bits per heavy atom. The molecule has 2 heterocycles. The van der Waals surface area contributed by atoms with Gasteiger partial charge in [0.25, 0.3) is 5.91 Å². The molecule has 0 spiro atoms. The summed E-state index contributed by atoms with van der Waals surface area (Å²) in [5, 5.41) is 0. The summed E-state index contributed by atoms with van der Waals surface area (Å²) < 4.78 is 51.4. The SMILES string of the molecule is CN(C(=O)c1cccc(S(=O)(=O)N2CCN(c3ccccc3)CC2)c1)C1CCS(=O)(=O)C1. The van der Waals surface area contributed by atoms with E-state index in [1.54, 1.807) is 19.2 Å². The Hall–Kier alpha value is -2.43. The fourth-order valence-electron chi connectivity index (χ4n) is 4.21. The van der Waals surface area contributed by atoms with Crippen molar-refractivity contribution in [3.8, 4) is 0 Å². The standard InChI is InChI=1S/C22H27N3O5S2/c1-23(20-10-15-31(27,28)17-20)22(26)18-6-5-9-21(16-18)32(29,30)25-13-11-24(12-14-25)19-7-3-2-4-8-19/h2-9,16,20H,10-15,17H2,1H3. The van der Waals surface area contributed by atoms with Crippen LogP contribution in [0.5, 0.6) is 0 Å². The lowest BCUT2D eigenvalue weighted by Crippen LogP contribution is -2.48. The fraction of sp³-hybridized carbons (Fsp3) is 0.409. The molecule has 0 radical (unpaired) electrons. The molecule has 172 valence electrons. The number of para-hydroxylation sites is 1. The smallest absolute Gasteiger partial charge is 0.253 e. The molecular weight excluding hydrogens is 450 g/mol. The number of hydrogen-bond acceptors (Lipinski definition) is 6. The van der Waals surface area contributed by atoms with Crippen molar-refractivity contribution in [3.05, 3.63) is 60.2 Å². The molecule has 2 aliphatic heterocycles. The van der Waals surface area contributed by atoms with E-state index in [4.69, 9.17) is 0 Å². The maximum Gasteiger partial charge on any atom is 0.253 e. The van der Waals surface area contributed by atoms with Gasteiger partial charge in [0, 0.05) is 50.5 Å². The highest BCUT2D eigenvalue weighted by Gasteiger charge is 2.34. The first-order valence-corrected chi connectivity index (χ1v) is 13.8. The summed E-state index contributed by atoms with van der Waals surface area (Å²) in [5.41, 5.74) is 1.30. The van der Waals surface area contributed by atoms with Crippen LogP contribution >= 0.6 is 0 Å². The quantitative estimate of drug-likeness (QED) is 0.647. The van der Waals surface area contributed by atoms with E-state index in [-0.39, 0.29) is 33.9 Å². The van der Waals surface area contributed by atoms with Gasteiger partial charge in [-0.25, -0.2) is 16.8 Å². The van der Waals surface area contributed by atoms with E-state index in [1.165, 1.54) is 21.3 Å². The van der Waals surface area contributed by atoms with Crippen molar-refractivity contribution < 1.29 is 21.6 Å². The first kappa shape index (κ1) is 22.8. The molecule has 2 aliphatic rings. The number of amides is 1. The zero-order valence-corrected chi connectivity index (χ0v) is 19.6. The fourth-order valence-corrected chi connectivity index (χ4v) is 7.46. The van der Waals surface area contributed by atoms with Gasteiger partial charge in [0.15, 0.2) is 9.84 Å². The summed E-state index contributed by atoms with van der Waals surface area (Å²) >= 11 is 0. The van der Waals surface area contributed by atoms with Gasteiger partial charge in [-0.3, -0.25) is 4.79 Å². The minimum atomic E-state index is -3.75. The van der Waals surface area contributed by atoms with Crippen molar-refractivity contribution in [2.45, 2.75) is 17.4 Å². The van der Waals surface area contributed by atoms with E-state index in [0.717, 1.165) is 5.69 Å². The van der Waals surface area contributed by atoms with E-state index in [9.17, 15) is 21.6 Å². The van der Waals surface area contributed by atoms with Crippen LogP contribution in [0.1, 0.15) is 16.8 Å². The Labute approximate surface area is 189 Å². The average molecular weight is 478 g/mol. The lowest BCUT2D eigenvalue weighted by molar-refractivity contribution is 0.0747. The van der Waals surface area contributed by atoms with Crippen molar-refractivity contribution in [2.24, 2.45) is 0 Å². The van der Waals surface area contributed by atoms with Crippen LogP contribution in [0.15, 0.2) is 59.5 Å². The highest BCUT2D eigenvalue weighted by Crippen LogP contribution is 2.23. The summed E-state index contributed by atoms with van der Waals surface area (Å²) in [4.78, 5) is 16.5. The largest absolute Gasteiger partial charge is 0.369 e. The van der Waals surface area contributed by atoms with Gasteiger partial charge in [0.2, 0.25) is 10.0 Å². The van der Waals surface area contributed by atoms with Crippen LogP contribution in [0.25, 0.3) is 0 Å². The van der Waals surface area contributed by atoms with Crippen molar-refractivity contribution in [2.75, 3.05) is 49.6 Å². The zero-order chi connectivity index (χ0) is 22.9. The van der Waals surface area contributed by atoms with E-state index < -0.39 is 19.9 Å². The van der Waals surface area contributed by atoms with Gasteiger partial charge in [-0.05, 0) is 36.8 Å². The number of carbonyl (C=O) groups is 1. The molecule has 1 unspecified atom stereocenters. The summed E-state index contributed by atoms with van der Waals surface area (Å²) in [6.45, 7) is 1.88. The van der Waals surface area contributed by atoms with Crippen LogP contribution in [0.4, 0.5) is 5.69 Å². The summed E-state index contributed by atoms with van der Waals surface area (Å²) in [7, 11) is -5.31. The van der Waals surface area contributed by atoms with E-state index in [1.807, 2.05) is 30.3 Å². The first-order chi connectivity index (χ1) is 15.2. The first-order valence-electron chi connectivity index (χ1n) is 10.6. The number of sulfonamides is 1. The number of carbonyl (C=O) groups excluding carboxylic acids is 1. The summed E-state index contributed by atoms with van der Waals surface area (Å²) in [6.07, 6.45) is 0.397. The van der Waals surface area contributed by atoms with Crippen molar-refractivity contribution in [3.63, 3.8) is 0 Å². The average Bonchev–Trinajstić information content (AvgIpc) is 3.18. The van der Waals surface area contributed by atoms with Crippen molar-refractivity contribution in [1.82, 2.24) is 9.21 Å². The third kappa shape index (κ3) is 4.67. The van der Waals surface area contributed by atoms with Gasteiger partial charge >= 0.3 is 0 Å². The minimum absolute atomic E-state index is 0.0566. The predicted molar refractivity (Wildman–Crippen MR) is 123 cm³/mol. The molecule has 0 aromatic heterocycles. The van der Waals surface area contributed by atoms with Crippen LogP contribution in [-0.2, 0) is 19.9 Å². The van der Waals surface area contributed by atoms with Gasteiger partial charge < -0.3 is 9.80 Å². The van der Waals surface area contributed by atoms with Crippen LogP contribution in [-0.4, -0.2) is 82.7 Å². The number of rotatable bonds is 5. The van der Waals surface area contributed by atoms with Gasteiger partial charge in [-0.15, -0.1) is 0 Å². The third-order valence-corrected chi connectivity index (χ3v) is 9.80. The second kappa shape index (κ2) is 8.84. The van der Waals surface area contributed by atoms with Crippen LogP contribution in [0.2, 0.25) is 0 Å². The third-order valence-electron chi connectivity index (χ3n) is 6.16. The van der Waals surface area contributed by atoms with Crippen LogP contribution in [0, 0.1) is 0 Å². The number of benzene rings is 2. The molecule has 1 atom stereocenters. The monoisotopic (exact) mass is 477 g/mol. The van der Waals surface area contributed by atoms with E-state index in [2.05, 4.69) is 4.90 Å².